The van der Waals surface area contributed by atoms with Gasteiger partial charge in [0, 0.05) is 0 Å². The van der Waals surface area contributed by atoms with Crippen molar-refractivity contribution in [2.75, 3.05) is 20.1 Å². The van der Waals surface area contributed by atoms with Crippen LogP contribution < -0.4 is 15.6 Å². The predicted octanol–water partition coefficient (Wildman–Crippen LogP) is -1.92. The number of nitrogens with one attached hydrogen (secondary N) is 2. The van der Waals surface area contributed by atoms with Crippen LogP contribution in [-0.2, 0) is 0 Å². The van der Waals surface area contributed by atoms with Crippen molar-refractivity contribution >= 4 is 6.02 Å². The monoisotopic (exact) mass is 187 g/mol. The van der Waals surface area contributed by atoms with Crippen LogP contribution in [0.25, 0.3) is 0 Å². The molecule has 0 spiro atoms. The third-order valence-corrected chi connectivity index (χ3v) is 1.63. The molecular weight excluding hydrogens is 166 g/mol. The van der Waals surface area contributed by atoms with Gasteiger partial charge in [0.25, 0.3) is 0 Å². The zero-order chi connectivity index (χ0) is 10.3. The van der Waals surface area contributed by atoms with Crippen LogP contribution in [0.5, 0.6) is 0 Å². The van der Waals surface area contributed by atoms with Crippen molar-refractivity contribution in [2.45, 2.75) is 20.8 Å². The van der Waals surface area contributed by atoms with Gasteiger partial charge >= 0.3 is 6.02 Å². The summed E-state index contributed by atoms with van der Waals surface area (Å²) in [6, 6.07) is 0.231. The maximum atomic E-state index is 9.38. The highest BCUT2D eigenvalue weighted by atomic mass is 16.3. The molecule has 0 unspecified atom stereocenters. The van der Waals surface area contributed by atoms with E-state index >= 15 is 0 Å². The van der Waals surface area contributed by atoms with Gasteiger partial charge in [-0.15, -0.1) is 4.99 Å². The number of quaternary nitrogens is 1. The number of hydrogen-bond acceptors (Lipinski definition) is 1. The zero-order valence-corrected chi connectivity index (χ0v) is 8.94. The van der Waals surface area contributed by atoms with Crippen LogP contribution in [0.3, 0.4) is 0 Å². The normalized spacial score (nSPS) is 11.5. The fraction of sp³-hybridized carbons (Fsp3) is 0.667. The second-order valence-electron chi connectivity index (χ2n) is 3.13. The van der Waals surface area contributed by atoms with E-state index in [1.807, 2.05) is 27.8 Å². The summed E-state index contributed by atoms with van der Waals surface area (Å²) in [5.41, 5.74) is 2.19. The highest BCUT2D eigenvalue weighted by Crippen LogP contribution is 1.90. The van der Waals surface area contributed by atoms with Gasteiger partial charge in [0.2, 0.25) is 5.70 Å². The van der Waals surface area contributed by atoms with Crippen molar-refractivity contribution in [3.05, 3.63) is 11.3 Å². The molecule has 0 heterocycles. The minimum Gasteiger partial charge on any atom is -0.416 e. The summed E-state index contributed by atoms with van der Waals surface area (Å²) in [5, 5.41) is 14.2. The summed E-state index contributed by atoms with van der Waals surface area (Å²) in [6.07, 6.45) is 0. The van der Waals surface area contributed by atoms with Crippen LogP contribution in [-0.4, -0.2) is 31.3 Å². The Labute approximate surface area is 79.8 Å². The highest BCUT2D eigenvalue weighted by Gasteiger charge is 2.09. The van der Waals surface area contributed by atoms with E-state index in [9.17, 15) is 5.11 Å². The van der Waals surface area contributed by atoms with Crippen molar-refractivity contribution in [1.29, 1.82) is 0 Å². The first-order chi connectivity index (χ1) is 6.11. The van der Waals surface area contributed by atoms with Gasteiger partial charge in [0.05, 0.1) is 13.1 Å². The van der Waals surface area contributed by atoms with Crippen molar-refractivity contribution in [2.24, 2.45) is 0 Å². The van der Waals surface area contributed by atoms with Gasteiger partial charge in [0.1, 0.15) is 0 Å². The highest BCUT2D eigenvalue weighted by molar-refractivity contribution is 5.52. The second kappa shape index (κ2) is 6.62. The molecule has 0 atom stereocenters. The lowest BCUT2D eigenvalue weighted by molar-refractivity contribution is -0.615. The van der Waals surface area contributed by atoms with E-state index in [2.05, 4.69) is 10.3 Å². The van der Waals surface area contributed by atoms with Crippen LogP contribution in [0.15, 0.2) is 11.3 Å². The van der Waals surface area contributed by atoms with Gasteiger partial charge < -0.3 is 10.4 Å². The molecule has 4 heteroatoms. The molecule has 0 saturated heterocycles. The van der Waals surface area contributed by atoms with Crippen LogP contribution in [0, 0.1) is 0 Å². The Kier molecular flexibility index (Phi) is 6.18. The fourth-order valence-corrected chi connectivity index (χ4v) is 0.922. The van der Waals surface area contributed by atoms with E-state index in [1.54, 1.807) is 5.32 Å². The minimum atomic E-state index is 0.231. The number of rotatable bonds is 4. The summed E-state index contributed by atoms with van der Waals surface area (Å²) in [4.78, 5) is 2.95. The van der Waals surface area contributed by atoms with E-state index in [4.69, 9.17) is 0 Å². The molecule has 0 aromatic rings. The molecule has 0 saturated carbocycles. The van der Waals surface area contributed by atoms with Crippen molar-refractivity contribution in [1.82, 2.24) is 5.32 Å². The number of amidine groups is 1. The summed E-state index contributed by atoms with van der Waals surface area (Å²) in [7, 11) is 1.88. The molecule has 0 fully saturated rings. The molecule has 13 heavy (non-hydrogen) atoms. The summed E-state index contributed by atoms with van der Waals surface area (Å²) in [5.74, 6) is 0. The molecule has 0 aromatic carbocycles. The lowest BCUT2D eigenvalue weighted by Gasteiger charge is -1.96. The Hall–Kier alpha value is -0.870. The van der Waals surface area contributed by atoms with Crippen LogP contribution >= 0.6 is 0 Å². The predicted molar refractivity (Wildman–Crippen MR) is 53.4 cm³/mol. The van der Waals surface area contributed by atoms with E-state index in [0.717, 1.165) is 18.8 Å². The van der Waals surface area contributed by atoms with Crippen LogP contribution in [0.4, 0.5) is 0 Å². The molecule has 76 valence electrons. The smallest absolute Gasteiger partial charge is 0.416 e. The summed E-state index contributed by atoms with van der Waals surface area (Å²) >= 11 is 0. The summed E-state index contributed by atoms with van der Waals surface area (Å²) < 4.78 is 0. The van der Waals surface area contributed by atoms with Gasteiger partial charge in [-0.2, -0.15) is 0 Å². The average molecular weight is 187 g/mol. The number of allylic oxidation sites excluding steroid dienone is 1. The molecule has 0 radical (unpaired) electrons. The number of nitrogens with two attached hydrogens (primary N) is 1. The molecule has 0 amide bonds. The number of hydrogen-bond donors (Lipinski definition) is 4. The fourth-order valence-electron chi connectivity index (χ4n) is 0.922. The third kappa shape index (κ3) is 5.38. The first-order valence-electron chi connectivity index (χ1n) is 4.58. The quantitative estimate of drug-likeness (QED) is 0.306. The first kappa shape index (κ1) is 12.1. The lowest BCUT2D eigenvalue weighted by Crippen LogP contribution is -2.99. The van der Waals surface area contributed by atoms with E-state index in [1.165, 1.54) is 5.57 Å². The van der Waals surface area contributed by atoms with E-state index in [0.29, 0.717) is 0 Å². The molecule has 0 aliphatic rings. The largest absolute Gasteiger partial charge is 0.544 e. The third-order valence-electron chi connectivity index (χ3n) is 1.63. The first-order valence-corrected chi connectivity index (χ1v) is 4.58. The SMILES string of the molecule is CC[NH2+]C(O)=[NH+]C(CNC)=C(C)C. The van der Waals surface area contributed by atoms with Crippen molar-refractivity contribution in [3.8, 4) is 0 Å². The molecule has 5 N–H and O–H groups in total. The van der Waals surface area contributed by atoms with Gasteiger partial charge in [-0.1, -0.05) is 0 Å². The topological polar surface area (TPSA) is 62.8 Å². The van der Waals surface area contributed by atoms with Crippen LogP contribution in [0.1, 0.15) is 20.8 Å². The Morgan fingerprint density at radius 2 is 2.08 bits per heavy atom. The Morgan fingerprint density at radius 3 is 2.46 bits per heavy atom. The molecule has 0 aliphatic heterocycles. The molecular formula is C9H21N3O+2. The van der Waals surface area contributed by atoms with Gasteiger partial charge in [0.15, 0.2) is 0 Å². The molecule has 0 rings (SSSR count). The van der Waals surface area contributed by atoms with Crippen molar-refractivity contribution < 1.29 is 15.4 Å². The molecule has 0 bridgehead atoms. The van der Waals surface area contributed by atoms with Crippen LogP contribution in [0.2, 0.25) is 0 Å². The van der Waals surface area contributed by atoms with Gasteiger partial charge in [-0.3, -0.25) is 0 Å². The van der Waals surface area contributed by atoms with E-state index < -0.39 is 0 Å². The zero-order valence-electron chi connectivity index (χ0n) is 8.94. The van der Waals surface area contributed by atoms with Gasteiger partial charge in [-0.05, 0) is 33.4 Å². The second-order valence-corrected chi connectivity index (χ2v) is 3.13. The lowest BCUT2D eigenvalue weighted by atomic mass is 10.2. The van der Waals surface area contributed by atoms with Gasteiger partial charge in [-0.25, -0.2) is 5.32 Å². The van der Waals surface area contributed by atoms with E-state index in [-0.39, 0.29) is 6.02 Å². The Balaban J connectivity index is 4.41. The molecule has 4 nitrogen and oxygen atoms in total. The number of likely N-dealkylation sites (N-methyl/N-ethyl adjacent to an activating group) is 1. The maximum absolute atomic E-state index is 9.38. The molecule has 0 aliphatic carbocycles. The Morgan fingerprint density at radius 1 is 1.46 bits per heavy atom. The maximum Gasteiger partial charge on any atom is 0.544 e. The average Bonchev–Trinajstić information content (AvgIpc) is 2.04. The number of aliphatic hydroxyl groups is 1. The summed E-state index contributed by atoms with van der Waals surface area (Å²) in [6.45, 7) is 7.58. The minimum absolute atomic E-state index is 0.231. The van der Waals surface area contributed by atoms with Crippen molar-refractivity contribution in [3.63, 3.8) is 0 Å². The standard InChI is InChI=1S/C9H19N3O/c1-5-11-9(13)12-8(6-10-4)7(2)3/h10H,5-6H2,1-4H3,(H2,11,12,13)/p+2. The molecule has 0 aromatic heterocycles. The number of aliphatic hydroxyl groups excluding tert-OH is 1. The Bertz CT molecular complexity index is 205.